The summed E-state index contributed by atoms with van der Waals surface area (Å²) in [5.41, 5.74) is -0.673. The highest BCUT2D eigenvalue weighted by Crippen LogP contribution is 2.43. The molecular formula is C17H28BNO3. The molecule has 0 spiro atoms. The van der Waals surface area contributed by atoms with E-state index < -0.39 is 11.5 Å². The molecule has 1 saturated carbocycles. The first-order chi connectivity index (χ1) is 10.2. The molecule has 0 aromatic rings. The van der Waals surface area contributed by atoms with Crippen LogP contribution >= 0.6 is 0 Å². The molecule has 0 bridgehead atoms. The van der Waals surface area contributed by atoms with Gasteiger partial charge >= 0.3 is 0 Å². The third kappa shape index (κ3) is 3.24. The second-order valence-corrected chi connectivity index (χ2v) is 7.58. The van der Waals surface area contributed by atoms with E-state index in [0.29, 0.717) is 11.8 Å². The molecule has 22 heavy (non-hydrogen) atoms. The van der Waals surface area contributed by atoms with E-state index in [9.17, 15) is 9.59 Å². The van der Waals surface area contributed by atoms with Crippen molar-refractivity contribution in [2.45, 2.75) is 78.2 Å². The molecule has 0 aromatic carbocycles. The first-order valence-electron chi connectivity index (χ1n) is 8.44. The highest BCUT2D eigenvalue weighted by Gasteiger charge is 2.49. The second kappa shape index (κ2) is 6.35. The van der Waals surface area contributed by atoms with Crippen molar-refractivity contribution in [1.29, 1.82) is 0 Å². The Morgan fingerprint density at radius 1 is 1.32 bits per heavy atom. The van der Waals surface area contributed by atoms with E-state index in [1.165, 1.54) is 0 Å². The number of hydrogen-bond donors (Lipinski definition) is 0. The van der Waals surface area contributed by atoms with Crippen molar-refractivity contribution < 1.29 is 14.3 Å². The Morgan fingerprint density at radius 3 is 2.45 bits per heavy atom. The van der Waals surface area contributed by atoms with Crippen molar-refractivity contribution in [3.8, 4) is 0 Å². The zero-order chi connectivity index (χ0) is 16.7. The Kier molecular flexibility index (Phi) is 5.05. The molecule has 2 fully saturated rings. The van der Waals surface area contributed by atoms with Crippen LogP contribution in [0, 0.1) is 17.8 Å². The predicted molar refractivity (Wildman–Crippen MR) is 86.7 cm³/mol. The Balaban J connectivity index is 2.15. The molecule has 1 aliphatic heterocycles. The van der Waals surface area contributed by atoms with Crippen LogP contribution in [-0.2, 0) is 9.53 Å². The first kappa shape index (κ1) is 17.5. The van der Waals surface area contributed by atoms with Crippen LogP contribution in [0.5, 0.6) is 0 Å². The quantitative estimate of drug-likeness (QED) is 0.750. The molecule has 1 amide bonds. The highest BCUT2D eigenvalue weighted by molar-refractivity contribution is 6.57. The summed E-state index contributed by atoms with van der Waals surface area (Å²) in [6.45, 7) is 9.74. The van der Waals surface area contributed by atoms with Gasteiger partial charge in [0.15, 0.2) is 5.81 Å². The summed E-state index contributed by atoms with van der Waals surface area (Å²) in [6, 6.07) is -0.00369. The van der Waals surface area contributed by atoms with Gasteiger partial charge in [-0.05, 0) is 58.3 Å². The second-order valence-electron chi connectivity index (χ2n) is 7.58. The number of Topliss-reactive ketones (excluding diaryl/α,β-unsaturated/α-hetero) is 1. The van der Waals surface area contributed by atoms with Gasteiger partial charge in [0.2, 0.25) is 7.85 Å². The highest BCUT2D eigenvalue weighted by atomic mass is 16.5. The zero-order valence-corrected chi connectivity index (χ0v) is 14.5. The van der Waals surface area contributed by atoms with Gasteiger partial charge in [0.05, 0.1) is 12.1 Å². The average Bonchev–Trinajstić information content (AvgIpc) is 2.86. The molecule has 2 aliphatic rings. The fourth-order valence-corrected chi connectivity index (χ4v) is 4.61. The average molecular weight is 305 g/mol. The maximum absolute atomic E-state index is 11.9. The minimum absolute atomic E-state index is 0.00369. The number of ether oxygens (including phenoxy) is 1. The van der Waals surface area contributed by atoms with Crippen molar-refractivity contribution >= 4 is 19.4 Å². The molecule has 2 radical (unpaired) electrons. The van der Waals surface area contributed by atoms with Crippen LogP contribution in [0.4, 0.5) is 4.79 Å². The van der Waals surface area contributed by atoms with Crippen LogP contribution in [0.15, 0.2) is 0 Å². The topological polar surface area (TPSA) is 46.6 Å². The van der Waals surface area contributed by atoms with E-state index in [-0.39, 0.29) is 23.8 Å². The lowest BCUT2D eigenvalue weighted by molar-refractivity contribution is -0.122. The van der Waals surface area contributed by atoms with Crippen LogP contribution in [-0.4, -0.2) is 42.2 Å². The minimum Gasteiger partial charge on any atom is -0.351 e. The van der Waals surface area contributed by atoms with Gasteiger partial charge in [0.1, 0.15) is 11.5 Å². The van der Waals surface area contributed by atoms with Crippen molar-refractivity contribution in [1.82, 2.24) is 4.90 Å². The van der Waals surface area contributed by atoms with Crippen LogP contribution in [0.25, 0.3) is 0 Å². The summed E-state index contributed by atoms with van der Waals surface area (Å²) in [6.07, 6.45) is 3.65. The fourth-order valence-electron chi connectivity index (χ4n) is 4.61. The maximum atomic E-state index is 11.9. The van der Waals surface area contributed by atoms with Crippen LogP contribution in [0.2, 0.25) is 0 Å². The summed E-state index contributed by atoms with van der Waals surface area (Å²) in [4.78, 5) is 25.4. The Hall–Kier alpha value is -0.835. The van der Waals surface area contributed by atoms with Gasteiger partial charge in [-0.25, -0.2) is 0 Å². The number of rotatable bonds is 4. The maximum Gasteiger partial charge on any atom is 0.200 e. The molecular weight excluding hydrogens is 277 g/mol. The lowest BCUT2D eigenvalue weighted by Gasteiger charge is -2.33. The monoisotopic (exact) mass is 305 g/mol. The lowest BCUT2D eigenvalue weighted by Crippen LogP contribution is -2.47. The Labute approximate surface area is 135 Å². The van der Waals surface area contributed by atoms with E-state index in [0.717, 1.165) is 25.7 Å². The Bertz CT molecular complexity index is 451. The van der Waals surface area contributed by atoms with Crippen molar-refractivity contribution in [2.75, 3.05) is 0 Å². The number of ketones is 1. The van der Waals surface area contributed by atoms with Gasteiger partial charge in [-0.3, -0.25) is 9.59 Å². The summed E-state index contributed by atoms with van der Waals surface area (Å²) < 4.78 is 6.17. The predicted octanol–water partition coefficient (Wildman–Crippen LogP) is 3.13. The zero-order valence-electron chi connectivity index (χ0n) is 14.5. The van der Waals surface area contributed by atoms with E-state index in [2.05, 4.69) is 13.8 Å². The van der Waals surface area contributed by atoms with Gasteiger partial charge in [-0.2, -0.15) is 0 Å². The minimum atomic E-state index is -0.673. The number of amides is 1. The largest absolute Gasteiger partial charge is 0.351 e. The fraction of sp³-hybridized carbons (Fsp3) is 0.882. The standard InChI is InChI=1S/C17H28BNO3/c1-6-14-15(22-17(4,5)19(14)16(18)21)9-12-7-10(2)8-13(12)11(3)20/h10,12-15H,6-9H2,1-5H3. The number of carbonyl (C=O) groups excluding carboxylic acids is 2. The van der Waals surface area contributed by atoms with Crippen molar-refractivity contribution in [3.05, 3.63) is 0 Å². The third-order valence-corrected chi connectivity index (χ3v) is 5.42. The van der Waals surface area contributed by atoms with Gasteiger partial charge in [0.25, 0.3) is 0 Å². The molecule has 1 aliphatic carbocycles. The van der Waals surface area contributed by atoms with Crippen LogP contribution in [0.1, 0.15) is 60.3 Å². The smallest absolute Gasteiger partial charge is 0.200 e. The Morgan fingerprint density at radius 2 is 1.95 bits per heavy atom. The summed E-state index contributed by atoms with van der Waals surface area (Å²) >= 11 is 0. The van der Waals surface area contributed by atoms with E-state index in [1.807, 2.05) is 13.8 Å². The van der Waals surface area contributed by atoms with Gasteiger partial charge in [-0.1, -0.05) is 13.8 Å². The molecule has 0 aromatic heterocycles. The lowest BCUT2D eigenvalue weighted by atomic mass is 9.85. The molecule has 1 heterocycles. The number of hydrogen-bond acceptors (Lipinski definition) is 3. The first-order valence-corrected chi connectivity index (χ1v) is 8.44. The van der Waals surface area contributed by atoms with Crippen LogP contribution in [0.3, 0.4) is 0 Å². The molecule has 5 atom stereocenters. The number of carbonyl (C=O) groups is 2. The third-order valence-electron chi connectivity index (χ3n) is 5.42. The summed E-state index contributed by atoms with van der Waals surface area (Å²) in [7, 11) is 5.56. The van der Waals surface area contributed by atoms with Gasteiger partial charge < -0.3 is 9.64 Å². The molecule has 5 heteroatoms. The van der Waals surface area contributed by atoms with Gasteiger partial charge in [0, 0.05) is 5.92 Å². The van der Waals surface area contributed by atoms with Gasteiger partial charge in [-0.15, -0.1) is 0 Å². The van der Waals surface area contributed by atoms with E-state index in [4.69, 9.17) is 12.6 Å². The molecule has 1 saturated heterocycles. The summed E-state index contributed by atoms with van der Waals surface area (Å²) in [5.74, 6) is 0.936. The van der Waals surface area contributed by atoms with E-state index in [1.54, 1.807) is 11.8 Å². The molecule has 5 unspecified atom stereocenters. The molecule has 122 valence electrons. The number of nitrogens with zero attached hydrogens (tertiary/aromatic N) is 1. The SMILES string of the molecule is [B]C(=O)N1C(CC)C(CC2CC(C)CC2C(C)=O)OC1(C)C. The van der Waals surface area contributed by atoms with E-state index >= 15 is 0 Å². The molecule has 0 N–H and O–H groups in total. The molecule has 2 rings (SSSR count). The van der Waals surface area contributed by atoms with Crippen LogP contribution < -0.4 is 0 Å². The summed E-state index contributed by atoms with van der Waals surface area (Å²) in [5, 5.41) is 0. The normalized spacial score (nSPS) is 37.5. The van der Waals surface area contributed by atoms with Crippen molar-refractivity contribution in [3.63, 3.8) is 0 Å². The van der Waals surface area contributed by atoms with Crippen molar-refractivity contribution in [2.24, 2.45) is 17.8 Å². The molecule has 4 nitrogen and oxygen atoms in total.